The number of rotatable bonds is 5. The van der Waals surface area contributed by atoms with E-state index in [2.05, 4.69) is 0 Å². The van der Waals surface area contributed by atoms with Crippen molar-refractivity contribution in [2.45, 2.75) is 25.2 Å². The first-order valence-electron chi connectivity index (χ1n) is 5.20. The fourth-order valence-corrected chi connectivity index (χ4v) is 2.47. The Morgan fingerprint density at radius 3 is 2.39 bits per heavy atom. The van der Waals surface area contributed by atoms with Crippen LogP contribution in [0.15, 0.2) is 17.0 Å². The lowest BCUT2D eigenvalue weighted by Crippen LogP contribution is -2.04. The van der Waals surface area contributed by atoms with Crippen molar-refractivity contribution < 1.29 is 18.1 Å². The Hall–Kier alpha value is -1.34. The molecule has 0 bridgehead atoms. The average molecular weight is 294 g/mol. The predicted molar refractivity (Wildman–Crippen MR) is 66.7 cm³/mol. The molecule has 0 amide bonds. The van der Waals surface area contributed by atoms with E-state index in [0.29, 0.717) is 12.0 Å². The van der Waals surface area contributed by atoms with Crippen molar-refractivity contribution in [3.63, 3.8) is 0 Å². The third-order valence-corrected chi connectivity index (χ3v) is 3.58. The first-order chi connectivity index (χ1) is 8.31. The van der Waals surface area contributed by atoms with Crippen LogP contribution >= 0.6 is 10.7 Å². The minimum atomic E-state index is -4.10. The second-order valence-electron chi connectivity index (χ2n) is 3.42. The molecule has 0 aliphatic rings. The zero-order valence-electron chi connectivity index (χ0n) is 9.84. The highest BCUT2D eigenvalue weighted by Gasteiger charge is 2.27. The van der Waals surface area contributed by atoms with Gasteiger partial charge < -0.3 is 4.74 Å². The summed E-state index contributed by atoms with van der Waals surface area (Å²) in [5.74, 6) is -0.310. The van der Waals surface area contributed by atoms with E-state index in [4.69, 9.17) is 15.4 Å². The lowest BCUT2D eigenvalue weighted by Gasteiger charge is -2.10. The van der Waals surface area contributed by atoms with Gasteiger partial charge in [-0.05, 0) is 25.0 Å². The van der Waals surface area contributed by atoms with E-state index in [9.17, 15) is 18.5 Å². The van der Waals surface area contributed by atoms with Crippen LogP contribution in [0.1, 0.15) is 19.4 Å². The van der Waals surface area contributed by atoms with Crippen molar-refractivity contribution >= 4 is 25.4 Å². The molecule has 0 aromatic heterocycles. The fraction of sp³-hybridized carbons (Fsp3) is 0.400. The molecule has 100 valence electrons. The summed E-state index contributed by atoms with van der Waals surface area (Å²) in [6.45, 7) is 3.46. The van der Waals surface area contributed by atoms with E-state index in [-0.39, 0.29) is 17.3 Å². The van der Waals surface area contributed by atoms with Gasteiger partial charge in [-0.2, -0.15) is 0 Å². The van der Waals surface area contributed by atoms with Crippen LogP contribution in [0.25, 0.3) is 0 Å². The Kier molecular flexibility index (Phi) is 4.53. The minimum Gasteiger partial charge on any atom is -0.486 e. The number of hydrogen-bond acceptors (Lipinski definition) is 5. The molecule has 18 heavy (non-hydrogen) atoms. The molecule has 0 N–H and O–H groups in total. The molecule has 6 nitrogen and oxygen atoms in total. The zero-order chi connectivity index (χ0) is 13.9. The van der Waals surface area contributed by atoms with Crippen LogP contribution < -0.4 is 4.74 Å². The second-order valence-corrected chi connectivity index (χ2v) is 5.96. The van der Waals surface area contributed by atoms with Gasteiger partial charge in [-0.3, -0.25) is 10.1 Å². The maximum atomic E-state index is 11.4. The second kappa shape index (κ2) is 5.53. The summed E-state index contributed by atoms with van der Waals surface area (Å²) in [7, 11) is 1.17. The molecule has 0 aliphatic carbocycles. The smallest absolute Gasteiger partial charge is 0.312 e. The van der Waals surface area contributed by atoms with Crippen LogP contribution in [0.5, 0.6) is 5.75 Å². The summed E-state index contributed by atoms with van der Waals surface area (Å²) in [6, 6.07) is 2.58. The molecular weight excluding hydrogens is 282 g/mol. The molecule has 0 radical (unpaired) electrons. The van der Waals surface area contributed by atoms with Crippen LogP contribution in [-0.2, 0) is 15.5 Å². The molecule has 1 aromatic carbocycles. The largest absolute Gasteiger partial charge is 0.486 e. The van der Waals surface area contributed by atoms with Crippen LogP contribution in [-0.4, -0.2) is 19.9 Å². The predicted octanol–water partition coefficient (Wildman–Crippen LogP) is 2.48. The van der Waals surface area contributed by atoms with E-state index in [1.807, 2.05) is 0 Å². The van der Waals surface area contributed by atoms with Gasteiger partial charge in [0, 0.05) is 16.7 Å². The highest BCUT2D eigenvalue weighted by Crippen LogP contribution is 2.37. The number of hydrogen-bond donors (Lipinski definition) is 0. The third kappa shape index (κ3) is 3.11. The Balaban J connectivity index is 3.65. The molecule has 1 rings (SSSR count). The van der Waals surface area contributed by atoms with Crippen LogP contribution in [0.2, 0.25) is 0 Å². The summed E-state index contributed by atoms with van der Waals surface area (Å²) >= 11 is 0. The third-order valence-electron chi connectivity index (χ3n) is 2.25. The van der Waals surface area contributed by atoms with E-state index < -0.39 is 19.7 Å². The topological polar surface area (TPSA) is 86.5 Å². The van der Waals surface area contributed by atoms with Crippen molar-refractivity contribution in [1.29, 1.82) is 0 Å². The SMILES string of the molecule is CCOc1c([N+](=O)[O-])cc(CC)cc1S(=O)(=O)Cl. The highest BCUT2D eigenvalue weighted by atomic mass is 35.7. The summed E-state index contributed by atoms with van der Waals surface area (Å²) in [5, 5.41) is 10.9. The molecule has 0 heterocycles. The number of benzene rings is 1. The molecule has 0 atom stereocenters. The van der Waals surface area contributed by atoms with E-state index in [1.165, 1.54) is 12.1 Å². The van der Waals surface area contributed by atoms with E-state index >= 15 is 0 Å². The first-order valence-corrected chi connectivity index (χ1v) is 7.51. The van der Waals surface area contributed by atoms with Crippen LogP contribution in [0, 0.1) is 10.1 Å². The van der Waals surface area contributed by atoms with Gasteiger partial charge in [-0.15, -0.1) is 0 Å². The maximum Gasteiger partial charge on any atom is 0.312 e. The van der Waals surface area contributed by atoms with Gasteiger partial charge in [0.2, 0.25) is 5.75 Å². The van der Waals surface area contributed by atoms with Gasteiger partial charge in [0.15, 0.2) is 0 Å². The van der Waals surface area contributed by atoms with Gasteiger partial charge in [0.05, 0.1) is 11.5 Å². The Labute approximate surface area is 109 Å². The normalized spacial score (nSPS) is 11.3. The van der Waals surface area contributed by atoms with Gasteiger partial charge in [0.25, 0.3) is 9.05 Å². The molecule has 0 saturated carbocycles. The number of nitrogens with zero attached hydrogens (tertiary/aromatic N) is 1. The lowest BCUT2D eigenvalue weighted by molar-refractivity contribution is -0.386. The van der Waals surface area contributed by atoms with Crippen LogP contribution in [0.4, 0.5) is 5.69 Å². The van der Waals surface area contributed by atoms with Crippen molar-refractivity contribution in [1.82, 2.24) is 0 Å². The lowest BCUT2D eigenvalue weighted by atomic mass is 10.1. The number of halogens is 1. The summed E-state index contributed by atoms with van der Waals surface area (Å²) < 4.78 is 27.9. The molecule has 1 aromatic rings. The van der Waals surface area contributed by atoms with Gasteiger partial charge >= 0.3 is 5.69 Å². The Morgan fingerprint density at radius 2 is 2.00 bits per heavy atom. The zero-order valence-corrected chi connectivity index (χ0v) is 11.4. The molecular formula is C10H12ClNO5S. The first kappa shape index (κ1) is 14.7. The Morgan fingerprint density at radius 1 is 1.39 bits per heavy atom. The van der Waals surface area contributed by atoms with Crippen molar-refractivity contribution in [3.8, 4) is 5.75 Å². The summed E-state index contributed by atoms with van der Waals surface area (Å²) in [6.07, 6.45) is 0.451. The molecule has 0 spiro atoms. The van der Waals surface area contributed by atoms with E-state index in [1.54, 1.807) is 13.8 Å². The number of nitro benzene ring substituents is 1. The van der Waals surface area contributed by atoms with Crippen LogP contribution in [0.3, 0.4) is 0 Å². The molecule has 0 unspecified atom stereocenters. The van der Waals surface area contributed by atoms with Crippen molar-refractivity contribution in [2.75, 3.05) is 6.61 Å². The average Bonchev–Trinajstić information content (AvgIpc) is 2.27. The van der Waals surface area contributed by atoms with Crippen molar-refractivity contribution in [2.24, 2.45) is 0 Å². The van der Waals surface area contributed by atoms with Gasteiger partial charge in [-0.25, -0.2) is 8.42 Å². The number of nitro groups is 1. The summed E-state index contributed by atoms with van der Waals surface area (Å²) in [4.78, 5) is 9.88. The molecule has 0 aliphatic heterocycles. The van der Waals surface area contributed by atoms with Gasteiger partial charge in [0.1, 0.15) is 4.90 Å². The number of ether oxygens (including phenoxy) is 1. The molecule has 0 saturated heterocycles. The monoisotopic (exact) mass is 293 g/mol. The quantitative estimate of drug-likeness (QED) is 0.473. The molecule has 8 heteroatoms. The van der Waals surface area contributed by atoms with E-state index in [0.717, 1.165) is 0 Å². The minimum absolute atomic E-state index is 0.103. The van der Waals surface area contributed by atoms with Gasteiger partial charge in [-0.1, -0.05) is 6.92 Å². The van der Waals surface area contributed by atoms with Crippen molar-refractivity contribution in [3.05, 3.63) is 27.8 Å². The fourth-order valence-electron chi connectivity index (χ4n) is 1.45. The number of aryl methyl sites for hydroxylation is 1. The Bertz CT molecular complexity index is 570. The maximum absolute atomic E-state index is 11.4. The summed E-state index contributed by atoms with van der Waals surface area (Å²) in [5.41, 5.74) is 0.111. The highest BCUT2D eigenvalue weighted by molar-refractivity contribution is 8.13. The molecule has 0 fully saturated rings. The standard InChI is InChI=1S/C10H12ClNO5S/c1-3-7-5-8(12(13)14)10(17-4-2)9(6-7)18(11,15)16/h5-6H,3-4H2,1-2H3.